The summed E-state index contributed by atoms with van der Waals surface area (Å²) in [5, 5.41) is 44.2. The predicted octanol–water partition coefficient (Wildman–Crippen LogP) is 4.07. The minimum absolute atomic E-state index is 0.0699. The number of hydrogen-bond acceptors (Lipinski definition) is 17. The van der Waals surface area contributed by atoms with E-state index in [9.17, 15) is 33.6 Å². The fraction of sp³-hybridized carbons (Fsp3) is 0.616. The van der Waals surface area contributed by atoms with Crippen LogP contribution in [0.25, 0.3) is 0 Å². The molecule has 4 saturated heterocycles. The molecule has 5 aliphatic rings. The molecule has 0 radical (unpaired) electrons. The molecule has 3 aromatic carbocycles. The van der Waals surface area contributed by atoms with E-state index in [-0.39, 0.29) is 97.7 Å². The van der Waals surface area contributed by atoms with E-state index in [0.29, 0.717) is 134 Å². The summed E-state index contributed by atoms with van der Waals surface area (Å²) in [6.45, 7) is 9.04. The molecular weight excluding hydrogens is 1240 g/mol. The van der Waals surface area contributed by atoms with Crippen molar-refractivity contribution in [1.82, 2.24) is 72.3 Å². The van der Waals surface area contributed by atoms with E-state index in [1.807, 2.05) is 98.9 Å². The van der Waals surface area contributed by atoms with Gasteiger partial charge in [0.15, 0.2) is 0 Å². The van der Waals surface area contributed by atoms with E-state index < -0.39 is 42.2 Å². The van der Waals surface area contributed by atoms with Gasteiger partial charge in [-0.25, -0.2) is 9.69 Å². The Morgan fingerprint density at radius 2 is 1.13 bits per heavy atom. The molecule has 5 fully saturated rings. The van der Waals surface area contributed by atoms with E-state index in [2.05, 4.69) is 65.0 Å². The Morgan fingerprint density at radius 1 is 0.622 bits per heavy atom. The van der Waals surface area contributed by atoms with Gasteiger partial charge in [-0.1, -0.05) is 110 Å². The van der Waals surface area contributed by atoms with Crippen LogP contribution in [-0.4, -0.2) is 198 Å². The largest absolute Gasteiger partial charge is 0.380 e. The van der Waals surface area contributed by atoms with Crippen LogP contribution in [0.5, 0.6) is 0 Å². The number of aromatic nitrogens is 3. The first-order chi connectivity index (χ1) is 47.6. The number of amides is 7. The molecule has 5 heterocycles. The van der Waals surface area contributed by atoms with Crippen molar-refractivity contribution in [2.75, 3.05) is 73.2 Å². The zero-order chi connectivity index (χ0) is 69.3. The topological polar surface area (TPSA) is 324 Å². The minimum Gasteiger partial charge on any atom is -0.380 e. The Balaban J connectivity index is 0.655. The Morgan fingerprint density at radius 3 is 1.68 bits per heavy atom. The van der Waals surface area contributed by atoms with Crippen molar-refractivity contribution in [3.8, 4) is 0 Å². The highest BCUT2D eigenvalue weighted by molar-refractivity contribution is 5.95. The van der Waals surface area contributed by atoms with Crippen LogP contribution in [0.3, 0.4) is 0 Å². The monoisotopic (exact) mass is 1350 g/mol. The third kappa shape index (κ3) is 21.0. The summed E-state index contributed by atoms with van der Waals surface area (Å²) in [6.07, 6.45) is 12.6. The third-order valence-electron chi connectivity index (χ3n) is 20.8. The average molecular weight is 1350 g/mol. The maximum atomic E-state index is 14.8. The highest BCUT2D eigenvalue weighted by Gasteiger charge is 2.50. The van der Waals surface area contributed by atoms with Crippen molar-refractivity contribution in [2.24, 2.45) is 29.5 Å². The Hall–Kier alpha value is -7.52. The fourth-order valence-corrected chi connectivity index (χ4v) is 15.0. The first-order valence-corrected chi connectivity index (χ1v) is 36.0. The van der Waals surface area contributed by atoms with Gasteiger partial charge in [0.25, 0.3) is 0 Å². The van der Waals surface area contributed by atoms with Gasteiger partial charge in [0.2, 0.25) is 41.4 Å². The zero-order valence-electron chi connectivity index (χ0n) is 58.0. The van der Waals surface area contributed by atoms with Gasteiger partial charge < -0.3 is 67.2 Å². The van der Waals surface area contributed by atoms with Crippen LogP contribution in [0.4, 0.5) is 0 Å². The molecule has 11 N–H and O–H groups in total. The van der Waals surface area contributed by atoms with E-state index in [4.69, 9.17) is 20.7 Å². The van der Waals surface area contributed by atoms with Gasteiger partial charge in [0.05, 0.1) is 44.1 Å². The van der Waals surface area contributed by atoms with Crippen molar-refractivity contribution < 1.29 is 43.0 Å². The van der Waals surface area contributed by atoms with Crippen molar-refractivity contribution in [3.63, 3.8) is 0 Å². The smallest absolute Gasteiger partial charge is 0.246 e. The van der Waals surface area contributed by atoms with Gasteiger partial charge in [-0.05, 0) is 139 Å². The molecule has 25 nitrogen and oxygen atoms in total. The SMILES string of the molecule is CCC(NC)C(=O)NC1C(=O)N2C(CCC1CNCc1ccccc1)CCC2C(=O)NCC(c1ccccc1)c1cn(CCOCC2CCC(COCCN(N)CC(=N)CCC(=O)NCC3CCC4CCC(C(=O)NCc5ccccc5)N4C(=O)C3NC(=O)C(CC)NC)CC2)nn1. The number of carbonyl (C=O) groups is 7. The number of benzene rings is 3. The van der Waals surface area contributed by atoms with Crippen LogP contribution in [0.2, 0.25) is 0 Å². The highest BCUT2D eigenvalue weighted by atomic mass is 16.5. The lowest BCUT2D eigenvalue weighted by molar-refractivity contribution is -0.143. The van der Waals surface area contributed by atoms with Gasteiger partial charge in [-0.2, -0.15) is 0 Å². The van der Waals surface area contributed by atoms with E-state index >= 15 is 0 Å². The summed E-state index contributed by atoms with van der Waals surface area (Å²) >= 11 is 0. The van der Waals surface area contributed by atoms with Gasteiger partial charge in [-0.15, -0.1) is 5.10 Å². The van der Waals surface area contributed by atoms with Gasteiger partial charge in [0.1, 0.15) is 24.2 Å². The second kappa shape index (κ2) is 38.2. The molecule has 0 spiro atoms. The number of nitrogens with zero attached hydrogens (tertiary/aromatic N) is 6. The minimum atomic E-state index is -0.932. The summed E-state index contributed by atoms with van der Waals surface area (Å²) < 4.78 is 14.1. The summed E-state index contributed by atoms with van der Waals surface area (Å²) in [4.78, 5) is 101. The molecular formula is C73H108N16O9. The van der Waals surface area contributed by atoms with E-state index in [1.54, 1.807) is 28.6 Å². The van der Waals surface area contributed by atoms with Crippen LogP contribution in [0.15, 0.2) is 97.2 Å². The molecule has 534 valence electrons. The van der Waals surface area contributed by atoms with Crippen molar-refractivity contribution in [2.45, 2.75) is 190 Å². The van der Waals surface area contributed by atoms with Crippen LogP contribution in [0, 0.1) is 29.1 Å². The maximum Gasteiger partial charge on any atom is 0.246 e. The number of fused-ring (bicyclic) bond motifs is 2. The Bertz CT molecular complexity index is 3180. The standard InChI is InChI=1S/C73H108N16O9/c1-5-60(76-3)68(91)82-66-54(42-78-40-49-16-10-7-11-17-49)26-29-57-32-34-64(89(57)72(66)95)71(94)81-44-59(53-20-14-9-15-21-53)62-46-87(85-84-62)37-39-98-48-52-24-22-51(23-25-52)47-97-38-36-86(75)45-56(74)28-35-65(90)79-43-55-27-30-58-31-33-63(70(93)80-41-50-18-12-8-13-19-50)88(58)73(96)67(55)83-69(92)61(6-2)77-4/h7-21,46,51-52,54-55,57-61,63-64,66-67,74,76-78H,5-6,22-45,47-48,75H2,1-4H3,(H,79,90)(H,80,93)(H,81,94)(H,82,91)(H,83,92). The second-order valence-electron chi connectivity index (χ2n) is 27.5. The lowest BCUT2D eigenvalue weighted by Gasteiger charge is -2.33. The molecule has 9 rings (SSSR count). The molecule has 1 saturated carbocycles. The quantitative estimate of drug-likeness (QED) is 0.0132. The summed E-state index contributed by atoms with van der Waals surface area (Å²) in [7, 11) is 3.45. The number of hydrogen-bond donors (Lipinski definition) is 10. The molecule has 1 aliphatic carbocycles. The predicted molar refractivity (Wildman–Crippen MR) is 373 cm³/mol. The maximum absolute atomic E-state index is 14.8. The molecule has 25 heteroatoms. The van der Waals surface area contributed by atoms with Crippen LogP contribution in [0.1, 0.15) is 145 Å². The molecule has 0 bridgehead atoms. The summed E-state index contributed by atoms with van der Waals surface area (Å²) in [6, 6.07) is 25.4. The normalized spacial score (nSPS) is 24.1. The molecule has 4 aliphatic heterocycles. The lowest BCUT2D eigenvalue weighted by atomic mass is 9.83. The average Bonchev–Trinajstić information content (AvgIpc) is 1.63. The van der Waals surface area contributed by atoms with E-state index in [0.717, 1.165) is 55.2 Å². The Kier molecular flexibility index (Phi) is 29.1. The fourth-order valence-electron chi connectivity index (χ4n) is 15.0. The molecule has 4 aromatic rings. The van der Waals surface area contributed by atoms with Gasteiger partial charge in [-0.3, -0.25) is 39.4 Å². The number of likely N-dealkylation sites (N-methyl/N-ethyl adjacent to an activating group) is 2. The zero-order valence-corrected chi connectivity index (χ0v) is 58.0. The molecule has 11 unspecified atom stereocenters. The number of rotatable bonds is 37. The van der Waals surface area contributed by atoms with E-state index in [1.165, 1.54) is 5.01 Å². The van der Waals surface area contributed by atoms with Crippen LogP contribution < -0.4 is 48.4 Å². The van der Waals surface area contributed by atoms with Crippen LogP contribution >= 0.6 is 0 Å². The van der Waals surface area contributed by atoms with Gasteiger partial charge >= 0.3 is 0 Å². The third-order valence-corrected chi connectivity index (χ3v) is 20.8. The van der Waals surface area contributed by atoms with Crippen molar-refractivity contribution >= 4 is 47.1 Å². The summed E-state index contributed by atoms with van der Waals surface area (Å²) in [5.41, 5.74) is 4.09. The van der Waals surface area contributed by atoms with Crippen LogP contribution in [-0.2, 0) is 62.7 Å². The second-order valence-corrected chi connectivity index (χ2v) is 27.5. The highest BCUT2D eigenvalue weighted by Crippen LogP contribution is 2.37. The molecule has 1 aromatic heterocycles. The number of ether oxygens (including phenoxy) is 2. The van der Waals surface area contributed by atoms with Gasteiger partial charge in [0, 0.05) is 101 Å². The summed E-state index contributed by atoms with van der Waals surface area (Å²) in [5.74, 6) is 4.58. The number of hydrazine groups is 1. The number of nitrogens with two attached hydrogens (primary N) is 1. The first-order valence-electron chi connectivity index (χ1n) is 36.0. The molecule has 11 atom stereocenters. The first kappa shape index (κ1) is 74.7. The van der Waals surface area contributed by atoms with Crippen molar-refractivity contribution in [1.29, 1.82) is 5.41 Å². The lowest BCUT2D eigenvalue weighted by Crippen LogP contribution is -2.59. The number of nitrogens with one attached hydrogen (secondary N) is 9. The molecule has 98 heavy (non-hydrogen) atoms. The van der Waals surface area contributed by atoms with Crippen molar-refractivity contribution in [3.05, 3.63) is 120 Å². The molecule has 7 amide bonds. The number of carbonyl (C=O) groups excluding carboxylic acids is 7. The Labute approximate surface area is 578 Å².